The van der Waals surface area contributed by atoms with Crippen molar-refractivity contribution in [2.75, 3.05) is 0 Å². The first kappa shape index (κ1) is 14.7. The Bertz CT molecular complexity index is 546. The van der Waals surface area contributed by atoms with E-state index in [1.54, 1.807) is 12.1 Å². The fourth-order valence-electron chi connectivity index (χ4n) is 2.03. The van der Waals surface area contributed by atoms with Crippen molar-refractivity contribution < 1.29 is 0 Å². The van der Waals surface area contributed by atoms with E-state index in [2.05, 4.69) is 31.2 Å². The maximum atomic E-state index is 6.50. The predicted octanol–water partition coefficient (Wildman–Crippen LogP) is 6.27. The van der Waals surface area contributed by atoms with Crippen LogP contribution in [0.25, 0.3) is 0 Å². The van der Waals surface area contributed by atoms with Gasteiger partial charge in [-0.25, -0.2) is 0 Å². The lowest BCUT2D eigenvalue weighted by atomic mass is 10.0. The van der Waals surface area contributed by atoms with Crippen LogP contribution in [0.4, 0.5) is 0 Å². The van der Waals surface area contributed by atoms with Gasteiger partial charge in [-0.05, 0) is 41.3 Å². The van der Waals surface area contributed by atoms with Crippen LogP contribution in [0.2, 0.25) is 10.0 Å². The molecule has 1 atom stereocenters. The van der Waals surface area contributed by atoms with Gasteiger partial charge in [-0.1, -0.05) is 60.8 Å². The molecule has 0 aliphatic carbocycles. The fraction of sp³-hybridized carbons (Fsp3) is 0.250. The summed E-state index contributed by atoms with van der Waals surface area (Å²) in [5.74, 6) is 0. The van der Waals surface area contributed by atoms with Crippen LogP contribution in [0, 0.1) is 0 Å². The van der Waals surface area contributed by atoms with Gasteiger partial charge in [0.15, 0.2) is 0 Å². The van der Waals surface area contributed by atoms with Crippen molar-refractivity contribution in [3.63, 3.8) is 0 Å². The zero-order chi connectivity index (χ0) is 13.8. The number of alkyl halides is 1. The Morgan fingerprint density at radius 3 is 2.32 bits per heavy atom. The molecule has 0 saturated heterocycles. The van der Waals surface area contributed by atoms with Crippen LogP contribution >= 0.6 is 34.8 Å². The molecule has 1 unspecified atom stereocenters. The Morgan fingerprint density at radius 1 is 1.00 bits per heavy atom. The average molecular weight is 314 g/mol. The van der Waals surface area contributed by atoms with Gasteiger partial charge in [0.1, 0.15) is 0 Å². The molecule has 0 bridgehead atoms. The monoisotopic (exact) mass is 312 g/mol. The zero-order valence-electron chi connectivity index (χ0n) is 10.7. The summed E-state index contributed by atoms with van der Waals surface area (Å²) >= 11 is 18.7. The Kier molecular flexibility index (Phi) is 5.15. The van der Waals surface area contributed by atoms with Gasteiger partial charge in [-0.3, -0.25) is 0 Å². The van der Waals surface area contributed by atoms with E-state index in [1.807, 2.05) is 6.07 Å². The minimum Gasteiger partial charge on any atom is -0.113 e. The van der Waals surface area contributed by atoms with E-state index < -0.39 is 0 Å². The van der Waals surface area contributed by atoms with Gasteiger partial charge in [0.25, 0.3) is 0 Å². The average Bonchev–Trinajstić information content (AvgIpc) is 2.42. The van der Waals surface area contributed by atoms with E-state index in [4.69, 9.17) is 34.8 Å². The van der Waals surface area contributed by atoms with Gasteiger partial charge < -0.3 is 0 Å². The van der Waals surface area contributed by atoms with E-state index >= 15 is 0 Å². The third kappa shape index (κ3) is 3.66. The lowest BCUT2D eigenvalue weighted by Gasteiger charge is -2.13. The second kappa shape index (κ2) is 6.65. The van der Waals surface area contributed by atoms with Crippen LogP contribution in [0.15, 0.2) is 42.5 Å². The standard InChI is InChI=1S/C16H15Cl3/c1-2-3-11-4-6-12(7-5-11)16(19)14-10-13(17)8-9-15(14)18/h4-10,16H,2-3H2,1H3. The van der Waals surface area contributed by atoms with Crippen molar-refractivity contribution in [3.05, 3.63) is 69.2 Å². The van der Waals surface area contributed by atoms with Crippen LogP contribution < -0.4 is 0 Å². The molecule has 0 saturated carbocycles. The van der Waals surface area contributed by atoms with E-state index in [1.165, 1.54) is 5.56 Å². The number of aryl methyl sites for hydroxylation is 1. The third-order valence-corrected chi connectivity index (χ3v) is 4.11. The first-order valence-electron chi connectivity index (χ1n) is 6.29. The molecule has 0 fully saturated rings. The SMILES string of the molecule is CCCc1ccc(C(Cl)c2cc(Cl)ccc2Cl)cc1. The molecule has 100 valence electrons. The second-order valence-electron chi connectivity index (χ2n) is 4.52. The molecular weight excluding hydrogens is 299 g/mol. The number of rotatable bonds is 4. The molecule has 0 spiro atoms. The first-order chi connectivity index (χ1) is 9.11. The summed E-state index contributed by atoms with van der Waals surface area (Å²) in [7, 11) is 0. The summed E-state index contributed by atoms with van der Waals surface area (Å²) < 4.78 is 0. The normalized spacial score (nSPS) is 12.4. The van der Waals surface area contributed by atoms with Crippen molar-refractivity contribution in [2.45, 2.75) is 25.1 Å². The molecule has 0 aliphatic rings. The smallest absolute Gasteiger partial charge is 0.0850 e. The Labute approximate surface area is 129 Å². The topological polar surface area (TPSA) is 0 Å². The van der Waals surface area contributed by atoms with Crippen LogP contribution in [-0.4, -0.2) is 0 Å². The summed E-state index contributed by atoms with van der Waals surface area (Å²) in [5, 5.41) is 1.01. The number of benzene rings is 2. The number of hydrogen-bond donors (Lipinski definition) is 0. The van der Waals surface area contributed by atoms with E-state index in [0.29, 0.717) is 10.0 Å². The minimum atomic E-state index is -0.276. The fourth-order valence-corrected chi connectivity index (χ4v) is 2.82. The van der Waals surface area contributed by atoms with Gasteiger partial charge in [-0.2, -0.15) is 0 Å². The van der Waals surface area contributed by atoms with Crippen LogP contribution in [-0.2, 0) is 6.42 Å². The molecule has 0 aromatic heterocycles. The van der Waals surface area contributed by atoms with Crippen molar-refractivity contribution in [1.29, 1.82) is 0 Å². The zero-order valence-corrected chi connectivity index (χ0v) is 12.9. The molecule has 0 radical (unpaired) electrons. The molecule has 2 aromatic rings. The van der Waals surface area contributed by atoms with Gasteiger partial charge >= 0.3 is 0 Å². The largest absolute Gasteiger partial charge is 0.113 e. The summed E-state index contributed by atoms with van der Waals surface area (Å²) in [6, 6.07) is 13.7. The quantitative estimate of drug-likeness (QED) is 0.583. The maximum Gasteiger partial charge on any atom is 0.0850 e. The van der Waals surface area contributed by atoms with E-state index in [-0.39, 0.29) is 5.38 Å². The molecule has 0 nitrogen and oxygen atoms in total. The third-order valence-electron chi connectivity index (χ3n) is 3.04. The molecule has 19 heavy (non-hydrogen) atoms. The van der Waals surface area contributed by atoms with Crippen LogP contribution in [0.5, 0.6) is 0 Å². The maximum absolute atomic E-state index is 6.50. The number of hydrogen-bond acceptors (Lipinski definition) is 0. The highest BCUT2D eigenvalue weighted by Crippen LogP contribution is 2.35. The molecule has 3 heteroatoms. The summed E-state index contributed by atoms with van der Waals surface area (Å²) in [6.07, 6.45) is 2.23. The molecule has 0 aliphatic heterocycles. The van der Waals surface area contributed by atoms with Crippen molar-refractivity contribution in [2.24, 2.45) is 0 Å². The molecule has 0 amide bonds. The van der Waals surface area contributed by atoms with E-state index in [9.17, 15) is 0 Å². The Balaban J connectivity index is 2.27. The number of halogens is 3. The lowest BCUT2D eigenvalue weighted by molar-refractivity contribution is 0.920. The molecule has 0 N–H and O–H groups in total. The highest BCUT2D eigenvalue weighted by molar-refractivity contribution is 6.35. The minimum absolute atomic E-state index is 0.276. The Morgan fingerprint density at radius 2 is 1.68 bits per heavy atom. The van der Waals surface area contributed by atoms with Gasteiger partial charge in [0, 0.05) is 10.0 Å². The summed E-state index contributed by atoms with van der Waals surface area (Å²) in [5.41, 5.74) is 3.21. The van der Waals surface area contributed by atoms with Crippen molar-refractivity contribution in [1.82, 2.24) is 0 Å². The van der Waals surface area contributed by atoms with Crippen molar-refractivity contribution >= 4 is 34.8 Å². The summed E-state index contributed by atoms with van der Waals surface area (Å²) in [4.78, 5) is 0. The first-order valence-corrected chi connectivity index (χ1v) is 7.49. The highest BCUT2D eigenvalue weighted by Gasteiger charge is 2.14. The molecule has 0 heterocycles. The van der Waals surface area contributed by atoms with Gasteiger partial charge in [-0.15, -0.1) is 11.6 Å². The van der Waals surface area contributed by atoms with Crippen molar-refractivity contribution in [3.8, 4) is 0 Å². The lowest BCUT2D eigenvalue weighted by Crippen LogP contribution is -1.95. The predicted molar refractivity (Wildman–Crippen MR) is 84.6 cm³/mol. The van der Waals surface area contributed by atoms with Crippen LogP contribution in [0.1, 0.15) is 35.4 Å². The highest BCUT2D eigenvalue weighted by atomic mass is 35.5. The van der Waals surface area contributed by atoms with Gasteiger partial charge in [0.05, 0.1) is 5.38 Å². The molecular formula is C16H15Cl3. The van der Waals surface area contributed by atoms with Gasteiger partial charge in [0.2, 0.25) is 0 Å². The van der Waals surface area contributed by atoms with Crippen LogP contribution in [0.3, 0.4) is 0 Å². The molecule has 2 rings (SSSR count). The van der Waals surface area contributed by atoms with E-state index in [0.717, 1.165) is 24.0 Å². The second-order valence-corrected chi connectivity index (χ2v) is 5.80. The summed E-state index contributed by atoms with van der Waals surface area (Å²) in [6.45, 7) is 2.17. The Hall–Kier alpha value is -0.690. The molecule has 2 aromatic carbocycles.